The van der Waals surface area contributed by atoms with Crippen molar-refractivity contribution in [3.8, 4) is 11.1 Å². The van der Waals surface area contributed by atoms with E-state index in [-0.39, 0.29) is 22.3 Å². The van der Waals surface area contributed by atoms with Crippen molar-refractivity contribution in [1.82, 2.24) is 0 Å². The highest BCUT2D eigenvalue weighted by Crippen LogP contribution is 2.34. The molecule has 25 heavy (non-hydrogen) atoms. The maximum atomic E-state index is 13.0. The summed E-state index contributed by atoms with van der Waals surface area (Å²) in [6.07, 6.45) is -3.56. The summed E-state index contributed by atoms with van der Waals surface area (Å²) in [5, 5.41) is 0.333. The topological polar surface area (TPSA) is 47.3 Å². The fourth-order valence-electron chi connectivity index (χ4n) is 2.62. The van der Waals surface area contributed by atoms with Gasteiger partial charge in [0, 0.05) is 10.9 Å². The van der Waals surface area contributed by atoms with Crippen molar-refractivity contribution in [2.75, 3.05) is 0 Å². The first-order chi connectivity index (χ1) is 11.8. The van der Waals surface area contributed by atoms with Gasteiger partial charge in [0.1, 0.15) is 5.58 Å². The van der Waals surface area contributed by atoms with Crippen LogP contribution in [0, 0.1) is 0 Å². The van der Waals surface area contributed by atoms with Crippen LogP contribution in [0.5, 0.6) is 0 Å². The lowest BCUT2D eigenvalue weighted by molar-refractivity contribution is -0.137. The zero-order valence-corrected chi connectivity index (χ0v) is 12.8. The summed E-state index contributed by atoms with van der Waals surface area (Å²) in [7, 11) is 0. The van der Waals surface area contributed by atoms with Crippen LogP contribution in [0.1, 0.15) is 15.9 Å². The maximum absolute atomic E-state index is 13.0. The minimum atomic E-state index is -4.57. The Balaban J connectivity index is 2.41. The van der Waals surface area contributed by atoms with Crippen molar-refractivity contribution in [3.05, 3.63) is 82.7 Å². The first kappa shape index (κ1) is 16.7. The van der Waals surface area contributed by atoms with Crippen LogP contribution >= 0.6 is 0 Å². The number of halogens is 3. The molecule has 0 bridgehead atoms. The Morgan fingerprint density at radius 2 is 1.80 bits per heavy atom. The van der Waals surface area contributed by atoms with E-state index in [0.717, 1.165) is 18.2 Å². The van der Waals surface area contributed by atoms with E-state index in [2.05, 4.69) is 6.58 Å². The van der Waals surface area contributed by atoms with E-state index in [0.29, 0.717) is 5.39 Å². The van der Waals surface area contributed by atoms with Gasteiger partial charge in [-0.05, 0) is 29.8 Å². The number of hydrogen-bond acceptors (Lipinski definition) is 3. The molecule has 3 nitrogen and oxygen atoms in total. The molecule has 0 saturated carbocycles. The molecule has 0 unspecified atom stereocenters. The van der Waals surface area contributed by atoms with E-state index >= 15 is 0 Å². The van der Waals surface area contributed by atoms with Gasteiger partial charge in [0.2, 0.25) is 0 Å². The Hall–Kier alpha value is -3.15. The van der Waals surface area contributed by atoms with Gasteiger partial charge in [-0.15, -0.1) is 0 Å². The van der Waals surface area contributed by atoms with Gasteiger partial charge in [0.15, 0.2) is 5.78 Å². The lowest BCUT2D eigenvalue weighted by atomic mass is 9.94. The second-order valence-corrected chi connectivity index (χ2v) is 5.28. The third kappa shape index (κ3) is 2.98. The molecule has 0 aliphatic carbocycles. The predicted octanol–water partition coefficient (Wildman–Crippen LogP) is 4.85. The number of carbonyl (C=O) groups excluding carboxylic acids is 1. The lowest BCUT2D eigenvalue weighted by Gasteiger charge is -2.12. The molecule has 0 fully saturated rings. The fourth-order valence-corrected chi connectivity index (χ4v) is 2.62. The van der Waals surface area contributed by atoms with Gasteiger partial charge in [-0.3, -0.25) is 4.79 Å². The van der Waals surface area contributed by atoms with Gasteiger partial charge in [0.05, 0.1) is 11.1 Å². The minimum absolute atomic E-state index is 0.0267. The normalized spacial score (nSPS) is 11.5. The van der Waals surface area contributed by atoms with Crippen LogP contribution in [0.3, 0.4) is 0 Å². The van der Waals surface area contributed by atoms with E-state index in [1.807, 2.05) is 0 Å². The molecule has 0 N–H and O–H groups in total. The Morgan fingerprint density at radius 1 is 1.08 bits per heavy atom. The number of alkyl halides is 3. The zero-order valence-electron chi connectivity index (χ0n) is 12.8. The Bertz CT molecular complexity index is 1050. The predicted molar refractivity (Wildman–Crippen MR) is 87.4 cm³/mol. The minimum Gasteiger partial charge on any atom is -0.422 e. The number of fused-ring (bicyclic) bond motifs is 1. The lowest BCUT2D eigenvalue weighted by Crippen LogP contribution is -2.12. The largest absolute Gasteiger partial charge is 0.422 e. The molecule has 0 amide bonds. The molecule has 0 aliphatic heterocycles. The molecule has 3 rings (SSSR count). The van der Waals surface area contributed by atoms with E-state index in [4.69, 9.17) is 4.42 Å². The molecule has 0 radical (unpaired) electrons. The average Bonchev–Trinajstić information content (AvgIpc) is 2.59. The summed E-state index contributed by atoms with van der Waals surface area (Å²) >= 11 is 0. The van der Waals surface area contributed by atoms with Gasteiger partial charge >= 0.3 is 11.8 Å². The summed E-state index contributed by atoms with van der Waals surface area (Å²) < 4.78 is 44.1. The molecule has 1 aromatic heterocycles. The molecule has 0 atom stereocenters. The highest BCUT2D eigenvalue weighted by Gasteiger charge is 2.31. The van der Waals surface area contributed by atoms with Gasteiger partial charge in [0.25, 0.3) is 0 Å². The molecular weight excluding hydrogens is 333 g/mol. The summed E-state index contributed by atoms with van der Waals surface area (Å²) in [5.74, 6) is -0.573. The SMILES string of the molecule is C=CC(=O)c1c(-c2cccc(C(F)(F)F)c2)c(=O)oc2ccccc12. The van der Waals surface area contributed by atoms with Gasteiger partial charge in [-0.25, -0.2) is 4.79 Å². The molecule has 0 spiro atoms. The van der Waals surface area contributed by atoms with Crippen LogP contribution < -0.4 is 5.63 Å². The van der Waals surface area contributed by atoms with Gasteiger partial charge in [-0.1, -0.05) is 36.9 Å². The van der Waals surface area contributed by atoms with Crippen LogP contribution in [-0.4, -0.2) is 5.78 Å². The number of hydrogen-bond donors (Lipinski definition) is 0. The van der Waals surface area contributed by atoms with Gasteiger partial charge < -0.3 is 4.42 Å². The summed E-state index contributed by atoms with van der Waals surface area (Å²) in [4.78, 5) is 24.7. The standard InChI is InChI=1S/C19H11F3O3/c1-2-14(23)17-13-8-3-4-9-15(13)25-18(24)16(17)11-6-5-7-12(10-11)19(20,21)22/h2-10H,1H2. The van der Waals surface area contributed by atoms with Crippen molar-refractivity contribution < 1.29 is 22.4 Å². The molecule has 0 aliphatic rings. The third-order valence-electron chi connectivity index (χ3n) is 3.72. The van der Waals surface area contributed by atoms with Crippen LogP contribution in [0.15, 0.2) is 70.4 Å². The zero-order chi connectivity index (χ0) is 18.2. The molecule has 6 heteroatoms. The molecule has 3 aromatic rings. The molecule has 1 heterocycles. The van der Waals surface area contributed by atoms with Crippen LogP contribution in [-0.2, 0) is 6.18 Å². The number of para-hydroxylation sites is 1. The maximum Gasteiger partial charge on any atom is 0.416 e. The van der Waals surface area contributed by atoms with E-state index in [1.54, 1.807) is 18.2 Å². The number of rotatable bonds is 3. The number of ketones is 1. The highest BCUT2D eigenvalue weighted by molar-refractivity contribution is 6.16. The van der Waals surface area contributed by atoms with Crippen molar-refractivity contribution in [2.24, 2.45) is 0 Å². The average molecular weight is 344 g/mol. The van der Waals surface area contributed by atoms with Crippen LogP contribution in [0.2, 0.25) is 0 Å². The van der Waals surface area contributed by atoms with Gasteiger partial charge in [-0.2, -0.15) is 13.2 Å². The first-order valence-corrected chi connectivity index (χ1v) is 7.23. The fraction of sp³-hybridized carbons (Fsp3) is 0.0526. The molecule has 0 saturated heterocycles. The smallest absolute Gasteiger partial charge is 0.416 e. The quantitative estimate of drug-likeness (QED) is 0.388. The van der Waals surface area contributed by atoms with Crippen molar-refractivity contribution in [1.29, 1.82) is 0 Å². The monoisotopic (exact) mass is 344 g/mol. The first-order valence-electron chi connectivity index (χ1n) is 7.23. The Labute approximate surface area is 140 Å². The number of allylic oxidation sites excluding steroid dienone is 1. The number of benzene rings is 2. The van der Waals surface area contributed by atoms with E-state index in [9.17, 15) is 22.8 Å². The number of carbonyl (C=O) groups is 1. The van der Waals surface area contributed by atoms with Crippen LogP contribution in [0.4, 0.5) is 13.2 Å². The molecule has 2 aromatic carbocycles. The van der Waals surface area contributed by atoms with E-state index in [1.165, 1.54) is 18.2 Å². The molecular formula is C19H11F3O3. The van der Waals surface area contributed by atoms with Crippen LogP contribution in [0.25, 0.3) is 22.1 Å². The Kier molecular flexibility index (Phi) is 4.04. The van der Waals surface area contributed by atoms with Crippen molar-refractivity contribution in [3.63, 3.8) is 0 Å². The van der Waals surface area contributed by atoms with Crippen molar-refractivity contribution >= 4 is 16.8 Å². The second-order valence-electron chi connectivity index (χ2n) is 5.28. The Morgan fingerprint density at radius 3 is 2.48 bits per heavy atom. The summed E-state index contributed by atoms with van der Waals surface area (Å²) in [6.45, 7) is 3.40. The second kappa shape index (κ2) is 6.05. The summed E-state index contributed by atoms with van der Waals surface area (Å²) in [6, 6.07) is 10.5. The summed E-state index contributed by atoms with van der Waals surface area (Å²) in [5.41, 5.74) is -1.92. The van der Waals surface area contributed by atoms with E-state index < -0.39 is 23.1 Å². The molecule has 126 valence electrons. The highest BCUT2D eigenvalue weighted by atomic mass is 19.4. The third-order valence-corrected chi connectivity index (χ3v) is 3.72. The van der Waals surface area contributed by atoms with Crippen molar-refractivity contribution in [2.45, 2.75) is 6.18 Å².